The maximum Gasteiger partial charge on any atom is 0.397 e. The van der Waals surface area contributed by atoms with Crippen molar-refractivity contribution >= 4 is 22.3 Å². The molecule has 1 amide bonds. The Balaban J connectivity index is 2.43. The molecule has 0 aromatic rings. The summed E-state index contributed by atoms with van der Waals surface area (Å²) in [4.78, 5) is 23.1. The highest BCUT2D eigenvalue weighted by Gasteiger charge is 2.54. The summed E-state index contributed by atoms with van der Waals surface area (Å²) in [6.45, 7) is 0.0734. The Morgan fingerprint density at radius 2 is 1.69 bits per heavy atom. The number of ether oxygens (including phenoxy) is 4. The molecule has 4 unspecified atom stereocenters. The minimum Gasteiger partial charge on any atom is -0.479 e. The largest absolute Gasteiger partial charge is 0.479 e. The number of carboxylic acids is 1. The van der Waals surface area contributed by atoms with Gasteiger partial charge in [0.25, 0.3) is 0 Å². The quantitative estimate of drug-likeness (QED) is 0.158. The molecule has 2 aliphatic rings. The third-order valence-electron chi connectivity index (χ3n) is 4.80. The van der Waals surface area contributed by atoms with Gasteiger partial charge < -0.3 is 49.8 Å². The number of hydrogen-bond donors (Lipinski definition) is 7. The molecule has 0 aromatic heterocycles. The van der Waals surface area contributed by atoms with E-state index < -0.39 is 90.2 Å². The first kappa shape index (κ1) is 26.7. The summed E-state index contributed by atoms with van der Waals surface area (Å²) in [5.41, 5.74) is 0. The molecule has 10 atom stereocenters. The number of methoxy groups -OCH3 is 1. The second-order valence-corrected chi connectivity index (χ2v) is 8.06. The highest BCUT2D eigenvalue weighted by Crippen LogP contribution is 2.31. The lowest BCUT2D eigenvalue weighted by Gasteiger charge is -2.47. The van der Waals surface area contributed by atoms with Gasteiger partial charge in [0, 0.05) is 14.0 Å². The number of amides is 1. The molecule has 7 N–H and O–H groups in total. The number of carboxylic acid groups (broad SMARTS) is 1. The summed E-state index contributed by atoms with van der Waals surface area (Å²) < 4.78 is 56.7. The van der Waals surface area contributed by atoms with Gasteiger partial charge in [0.1, 0.15) is 42.7 Å². The molecule has 0 aliphatic carbocycles. The zero-order valence-corrected chi connectivity index (χ0v) is 17.6. The lowest BCUT2D eigenvalue weighted by Crippen LogP contribution is -2.68. The molecule has 2 fully saturated rings. The standard InChI is InChI=1S/C15H25NO15S/c1-4(18)16-6-10(9(31-32(24,25)26)5(3-17)28-14(6)23)29-15-8(20)7(19)11(27-2)12(30-15)13(21)22/h5-12,14-15,17,19-20,23H,3H2,1-2H3,(H,16,18)(H,21,22)(H,24,25,26)/t5?,6?,7-,8?,9+,10-,11-,12?,14-,15-/m1/s1. The van der Waals surface area contributed by atoms with Crippen LogP contribution in [0.5, 0.6) is 0 Å². The van der Waals surface area contributed by atoms with Crippen LogP contribution in [0.1, 0.15) is 6.92 Å². The Morgan fingerprint density at radius 3 is 2.16 bits per heavy atom. The number of rotatable bonds is 8. The topological polar surface area (TPSA) is 248 Å². The van der Waals surface area contributed by atoms with Crippen molar-refractivity contribution in [1.82, 2.24) is 5.32 Å². The first-order chi connectivity index (χ1) is 14.8. The van der Waals surface area contributed by atoms with Gasteiger partial charge in [-0.1, -0.05) is 0 Å². The summed E-state index contributed by atoms with van der Waals surface area (Å²) in [5.74, 6) is -2.35. The van der Waals surface area contributed by atoms with Crippen molar-refractivity contribution in [3.63, 3.8) is 0 Å². The average molecular weight is 491 g/mol. The molecule has 186 valence electrons. The first-order valence-electron chi connectivity index (χ1n) is 9.10. The van der Waals surface area contributed by atoms with E-state index in [0.29, 0.717) is 0 Å². The number of hydrogen-bond acceptors (Lipinski definition) is 13. The number of aliphatic carboxylic acids is 1. The van der Waals surface area contributed by atoms with E-state index in [1.165, 1.54) is 0 Å². The van der Waals surface area contributed by atoms with E-state index in [1.54, 1.807) is 0 Å². The summed E-state index contributed by atoms with van der Waals surface area (Å²) in [5, 5.41) is 51.8. The van der Waals surface area contributed by atoms with Gasteiger partial charge in [-0.15, -0.1) is 0 Å². The zero-order valence-electron chi connectivity index (χ0n) is 16.7. The lowest BCUT2D eigenvalue weighted by molar-refractivity contribution is -0.336. The molecule has 0 radical (unpaired) electrons. The van der Waals surface area contributed by atoms with Gasteiger partial charge in [0.15, 0.2) is 18.7 Å². The fourth-order valence-corrected chi connectivity index (χ4v) is 3.95. The molecule has 32 heavy (non-hydrogen) atoms. The number of aliphatic hydroxyl groups excluding tert-OH is 4. The Morgan fingerprint density at radius 1 is 1.06 bits per heavy atom. The van der Waals surface area contributed by atoms with Crippen LogP contribution in [0.2, 0.25) is 0 Å². The molecular weight excluding hydrogens is 466 g/mol. The molecule has 0 spiro atoms. The fraction of sp³-hybridized carbons (Fsp3) is 0.867. The van der Waals surface area contributed by atoms with E-state index in [9.17, 15) is 43.5 Å². The second-order valence-electron chi connectivity index (χ2n) is 7.01. The summed E-state index contributed by atoms with van der Waals surface area (Å²) in [6, 6.07) is -1.61. The first-order valence-corrected chi connectivity index (χ1v) is 10.5. The third-order valence-corrected chi connectivity index (χ3v) is 5.26. The molecule has 0 saturated carbocycles. The Bertz CT molecular complexity index is 777. The van der Waals surface area contributed by atoms with Crippen LogP contribution < -0.4 is 5.32 Å². The molecule has 17 heteroatoms. The fourth-order valence-electron chi connectivity index (χ4n) is 3.44. The van der Waals surface area contributed by atoms with Gasteiger partial charge in [-0.2, -0.15) is 8.42 Å². The van der Waals surface area contributed by atoms with Crippen molar-refractivity contribution in [2.75, 3.05) is 13.7 Å². The molecule has 0 bridgehead atoms. The predicted octanol–water partition coefficient (Wildman–Crippen LogP) is -4.68. The van der Waals surface area contributed by atoms with Crippen molar-refractivity contribution in [1.29, 1.82) is 0 Å². The van der Waals surface area contributed by atoms with Gasteiger partial charge >= 0.3 is 16.4 Å². The van der Waals surface area contributed by atoms with Crippen LogP contribution in [0.25, 0.3) is 0 Å². The van der Waals surface area contributed by atoms with Crippen LogP contribution in [-0.2, 0) is 43.1 Å². The smallest absolute Gasteiger partial charge is 0.397 e. The maximum absolute atomic E-state index is 11.6. The Labute approximate surface area is 181 Å². The SMILES string of the molecule is CO[C@H]1C(C(=O)O)O[C@@H](O[C@@H]2C(NC(C)=O)[C@H](O)OC(CO)[C@@H]2OS(=O)(=O)O)C(O)[C@H]1O. The maximum atomic E-state index is 11.6. The van der Waals surface area contributed by atoms with E-state index in [4.69, 9.17) is 23.5 Å². The van der Waals surface area contributed by atoms with Crippen molar-refractivity contribution in [2.24, 2.45) is 0 Å². The molecule has 2 rings (SSSR count). The molecule has 2 heterocycles. The number of carbonyl (C=O) groups excluding carboxylic acids is 1. The number of aliphatic hydroxyl groups is 4. The molecule has 16 nitrogen and oxygen atoms in total. The molecule has 0 aromatic carbocycles. The molecule has 2 aliphatic heterocycles. The van der Waals surface area contributed by atoms with Crippen LogP contribution >= 0.6 is 0 Å². The number of nitrogens with one attached hydrogen (secondary N) is 1. The van der Waals surface area contributed by atoms with E-state index in [0.717, 1.165) is 14.0 Å². The van der Waals surface area contributed by atoms with Crippen LogP contribution in [-0.4, -0.2) is 125 Å². The zero-order chi connectivity index (χ0) is 24.4. The van der Waals surface area contributed by atoms with Crippen LogP contribution in [0.3, 0.4) is 0 Å². The van der Waals surface area contributed by atoms with Crippen LogP contribution in [0.15, 0.2) is 0 Å². The van der Waals surface area contributed by atoms with Gasteiger partial charge in [0.05, 0.1) is 6.61 Å². The van der Waals surface area contributed by atoms with Gasteiger partial charge in [-0.25, -0.2) is 8.98 Å². The molecule has 2 saturated heterocycles. The van der Waals surface area contributed by atoms with Crippen molar-refractivity contribution < 1.29 is 71.2 Å². The van der Waals surface area contributed by atoms with Crippen molar-refractivity contribution in [3.8, 4) is 0 Å². The van der Waals surface area contributed by atoms with E-state index in [1.807, 2.05) is 0 Å². The highest BCUT2D eigenvalue weighted by atomic mass is 32.3. The van der Waals surface area contributed by atoms with Crippen molar-refractivity contribution in [3.05, 3.63) is 0 Å². The summed E-state index contributed by atoms with van der Waals surface area (Å²) >= 11 is 0. The minimum atomic E-state index is -5.20. The van der Waals surface area contributed by atoms with Gasteiger partial charge in [0.2, 0.25) is 5.91 Å². The third kappa shape index (κ3) is 6.08. The monoisotopic (exact) mass is 491 g/mol. The van der Waals surface area contributed by atoms with Crippen LogP contribution in [0, 0.1) is 0 Å². The summed E-state index contributed by atoms with van der Waals surface area (Å²) in [7, 11) is -4.14. The van der Waals surface area contributed by atoms with E-state index in [-0.39, 0.29) is 0 Å². The highest BCUT2D eigenvalue weighted by molar-refractivity contribution is 7.80. The summed E-state index contributed by atoms with van der Waals surface area (Å²) in [6.07, 6.45) is -16.4. The second kappa shape index (κ2) is 10.6. The van der Waals surface area contributed by atoms with E-state index >= 15 is 0 Å². The lowest BCUT2D eigenvalue weighted by atomic mass is 9.95. The molecular formula is C15H25NO15S. The van der Waals surface area contributed by atoms with Crippen molar-refractivity contribution in [2.45, 2.75) is 68.3 Å². The van der Waals surface area contributed by atoms with E-state index in [2.05, 4.69) is 9.50 Å². The number of carbonyl (C=O) groups is 2. The van der Waals surface area contributed by atoms with Gasteiger partial charge in [-0.05, 0) is 0 Å². The van der Waals surface area contributed by atoms with Crippen LogP contribution in [0.4, 0.5) is 0 Å². The Kier molecular flexibility index (Phi) is 8.87. The predicted molar refractivity (Wildman–Crippen MR) is 96.0 cm³/mol. The average Bonchev–Trinajstić information content (AvgIpc) is 2.68. The minimum absolute atomic E-state index is 0.757. The Hall–Kier alpha value is -1.51. The van der Waals surface area contributed by atoms with Gasteiger partial charge in [-0.3, -0.25) is 9.35 Å². The normalized spacial score (nSPS) is 40.6.